The van der Waals surface area contributed by atoms with Gasteiger partial charge in [0, 0.05) is 31.9 Å². The fourth-order valence-electron chi connectivity index (χ4n) is 3.76. The van der Waals surface area contributed by atoms with Crippen LogP contribution < -0.4 is 11.2 Å². The topological polar surface area (TPSA) is 163 Å². The molecule has 14 nitrogen and oxygen atoms in total. The number of rotatable bonds is 15. The second-order valence-corrected chi connectivity index (χ2v) is 9.99. The maximum Gasteiger partial charge on any atom is 0.370 e. The summed E-state index contributed by atoms with van der Waals surface area (Å²) in [5, 5.41) is 10.6. The minimum absolute atomic E-state index is 0.00373. The molecule has 2 unspecified atom stereocenters. The molecule has 212 valence electrons. The van der Waals surface area contributed by atoms with E-state index in [1.807, 2.05) is 0 Å². The van der Waals surface area contributed by atoms with Gasteiger partial charge in [0.25, 0.3) is 17.8 Å². The first kappa shape index (κ1) is 31.3. The highest BCUT2D eigenvalue weighted by Gasteiger charge is 2.45. The van der Waals surface area contributed by atoms with Crippen molar-refractivity contribution in [3.05, 3.63) is 32.6 Å². The van der Waals surface area contributed by atoms with Crippen molar-refractivity contribution in [1.82, 2.24) is 9.13 Å². The Hall–Kier alpha value is -1.90. The van der Waals surface area contributed by atoms with Gasteiger partial charge in [-0.25, -0.2) is 14.2 Å². The maximum atomic E-state index is 13.2. The number of aliphatic hydroxyl groups is 1. The number of esters is 1. The molecule has 0 amide bonds. The van der Waals surface area contributed by atoms with Crippen LogP contribution in [-0.4, -0.2) is 78.4 Å². The minimum Gasteiger partial charge on any atom is -0.464 e. The Kier molecular flexibility index (Phi) is 12.1. The van der Waals surface area contributed by atoms with E-state index in [9.17, 15) is 24.1 Å². The number of carbonyl (C=O) groups excluding carboxylic acids is 1. The fourth-order valence-corrected chi connectivity index (χ4v) is 5.43. The number of ether oxygens (including phenoxy) is 5. The molecule has 0 saturated carbocycles. The third kappa shape index (κ3) is 7.36. The zero-order chi connectivity index (χ0) is 27.8. The first-order valence-corrected chi connectivity index (χ1v) is 13.7. The van der Waals surface area contributed by atoms with Crippen molar-refractivity contribution in [2.24, 2.45) is 0 Å². The Labute approximate surface area is 214 Å². The van der Waals surface area contributed by atoms with Gasteiger partial charge in [0.05, 0.1) is 32.5 Å². The highest BCUT2D eigenvalue weighted by molar-refractivity contribution is 7.55. The molecule has 1 fully saturated rings. The quantitative estimate of drug-likeness (QED) is 0.189. The van der Waals surface area contributed by atoms with Gasteiger partial charge in [0.15, 0.2) is 0 Å². The minimum atomic E-state index is -4.07. The van der Waals surface area contributed by atoms with Gasteiger partial charge >= 0.3 is 19.3 Å². The molecule has 2 rings (SSSR count). The lowest BCUT2D eigenvalue weighted by Gasteiger charge is -2.26. The first-order valence-electron chi connectivity index (χ1n) is 12.1. The number of carbonyl (C=O) groups is 1. The molecule has 0 aliphatic carbocycles. The first-order chi connectivity index (χ1) is 17.6. The van der Waals surface area contributed by atoms with Crippen LogP contribution in [0.1, 0.15) is 52.3 Å². The average molecular weight is 553 g/mol. The van der Waals surface area contributed by atoms with Gasteiger partial charge in [-0.2, -0.15) is 0 Å². The molecule has 1 aliphatic heterocycles. The summed E-state index contributed by atoms with van der Waals surface area (Å²) in [4.78, 5) is 38.3. The number of aliphatic hydroxyl groups excluding tert-OH is 1. The Morgan fingerprint density at radius 3 is 2.32 bits per heavy atom. The summed E-state index contributed by atoms with van der Waals surface area (Å²) < 4.78 is 52.6. The van der Waals surface area contributed by atoms with Crippen molar-refractivity contribution in [2.75, 3.05) is 40.1 Å². The smallest absolute Gasteiger partial charge is 0.370 e. The van der Waals surface area contributed by atoms with E-state index in [0.29, 0.717) is 0 Å². The van der Waals surface area contributed by atoms with Crippen molar-refractivity contribution in [1.29, 1.82) is 0 Å². The highest BCUT2D eigenvalue weighted by atomic mass is 31.2. The Balaban J connectivity index is 2.30. The summed E-state index contributed by atoms with van der Waals surface area (Å²) >= 11 is 0. The van der Waals surface area contributed by atoms with Crippen LogP contribution in [0.15, 0.2) is 15.8 Å². The van der Waals surface area contributed by atoms with Gasteiger partial charge in [-0.1, -0.05) is 0 Å². The number of nitrogens with zero attached hydrogens (tertiary/aromatic N) is 2. The molecule has 5 atom stereocenters. The van der Waals surface area contributed by atoms with Crippen molar-refractivity contribution in [2.45, 2.75) is 71.7 Å². The van der Waals surface area contributed by atoms with Crippen LogP contribution >= 0.6 is 7.60 Å². The van der Waals surface area contributed by atoms with Crippen LogP contribution in [0.2, 0.25) is 0 Å². The lowest BCUT2D eigenvalue weighted by molar-refractivity contribution is -0.177. The van der Waals surface area contributed by atoms with E-state index in [-0.39, 0.29) is 38.4 Å². The van der Waals surface area contributed by atoms with Gasteiger partial charge in [-0.3, -0.25) is 13.9 Å². The molecule has 0 radical (unpaired) electrons. The third-order valence-corrected chi connectivity index (χ3v) is 7.53. The molecule has 0 spiro atoms. The van der Waals surface area contributed by atoms with Crippen LogP contribution in [0, 0.1) is 6.92 Å². The van der Waals surface area contributed by atoms with E-state index in [1.54, 1.807) is 27.7 Å². The second-order valence-electron chi connectivity index (χ2n) is 7.92. The molecular formula is C22H37N2O12P. The van der Waals surface area contributed by atoms with Gasteiger partial charge in [-0.15, -0.1) is 0 Å². The highest BCUT2D eigenvalue weighted by Crippen LogP contribution is 2.54. The number of hydrogen-bond acceptors (Lipinski definition) is 12. The van der Waals surface area contributed by atoms with Gasteiger partial charge < -0.3 is 37.8 Å². The summed E-state index contributed by atoms with van der Waals surface area (Å²) in [5.74, 6) is -2.65. The Morgan fingerprint density at radius 1 is 1.14 bits per heavy atom. The van der Waals surface area contributed by atoms with E-state index in [4.69, 9.17) is 32.7 Å². The van der Waals surface area contributed by atoms with Gasteiger partial charge in [0.1, 0.15) is 12.3 Å². The number of hydrogen-bond donors (Lipinski definition) is 1. The second kappa shape index (κ2) is 14.3. The Morgan fingerprint density at radius 2 is 1.78 bits per heavy atom. The zero-order valence-corrected chi connectivity index (χ0v) is 22.9. The van der Waals surface area contributed by atoms with E-state index in [2.05, 4.69) is 0 Å². The predicted molar refractivity (Wildman–Crippen MR) is 129 cm³/mol. The molecule has 0 aromatic carbocycles. The molecule has 2 heterocycles. The van der Waals surface area contributed by atoms with Crippen molar-refractivity contribution in [3.8, 4) is 0 Å². The van der Waals surface area contributed by atoms with Gasteiger partial charge in [0.2, 0.25) is 0 Å². The molecule has 15 heteroatoms. The van der Waals surface area contributed by atoms with Crippen LogP contribution in [0.4, 0.5) is 0 Å². The van der Waals surface area contributed by atoms with Crippen molar-refractivity contribution < 1.29 is 47.2 Å². The normalized spacial score (nSPS) is 21.6. The molecule has 1 saturated heterocycles. The zero-order valence-electron chi connectivity index (χ0n) is 22.0. The monoisotopic (exact) mass is 552 g/mol. The molecule has 37 heavy (non-hydrogen) atoms. The van der Waals surface area contributed by atoms with Crippen LogP contribution in [0.25, 0.3) is 0 Å². The standard InChI is InChI=1S/C22H37N2O12P/c1-7-31-19(27)20(37(29,34-9-3)35-10-4)33-13-16-15(25)11-17(36-16)23-12-14(5)18(26)24(21(23)28)22(30-6)32-8-2/h12,15-17,20,22,25H,7-11,13H2,1-6H3/t15-,16+,17+,20?,22?/m0/s1. The summed E-state index contributed by atoms with van der Waals surface area (Å²) in [5.41, 5.74) is -1.15. The largest absolute Gasteiger partial charge is 0.464 e. The maximum absolute atomic E-state index is 13.2. The molecule has 0 bridgehead atoms. The average Bonchev–Trinajstić information content (AvgIpc) is 3.21. The van der Waals surface area contributed by atoms with Crippen molar-refractivity contribution in [3.63, 3.8) is 0 Å². The number of aryl methyl sites for hydroxylation is 1. The lowest BCUT2D eigenvalue weighted by Crippen LogP contribution is -2.45. The molecule has 1 aromatic heterocycles. The SMILES string of the molecule is CCOC(=O)C(OC[C@H]1O[C@@H](n2cc(C)c(=O)n(C(OC)OCC)c2=O)C[C@@H]1O)P(=O)(OCC)OCC. The lowest BCUT2D eigenvalue weighted by atomic mass is 10.2. The number of aromatic nitrogens is 2. The number of methoxy groups -OCH3 is 1. The summed E-state index contributed by atoms with van der Waals surface area (Å²) in [6.07, 6.45) is -3.08. The molecule has 1 aromatic rings. The predicted octanol–water partition coefficient (Wildman–Crippen LogP) is 1.28. The van der Waals surface area contributed by atoms with E-state index in [0.717, 1.165) is 9.13 Å². The van der Waals surface area contributed by atoms with E-state index >= 15 is 0 Å². The van der Waals surface area contributed by atoms with Gasteiger partial charge in [-0.05, 0) is 34.6 Å². The van der Waals surface area contributed by atoms with Crippen LogP contribution in [0.5, 0.6) is 0 Å². The third-order valence-electron chi connectivity index (χ3n) is 5.36. The van der Waals surface area contributed by atoms with Crippen molar-refractivity contribution >= 4 is 13.6 Å². The Bertz CT molecular complexity index is 1050. The molecule has 1 N–H and O–H groups in total. The van der Waals surface area contributed by atoms with Crippen LogP contribution in [-0.2, 0) is 42.1 Å². The fraction of sp³-hybridized carbons (Fsp3) is 0.773. The summed E-state index contributed by atoms with van der Waals surface area (Å²) in [6.45, 7) is 7.73. The van der Waals surface area contributed by atoms with E-state index < -0.39 is 62.1 Å². The van der Waals surface area contributed by atoms with E-state index in [1.165, 1.54) is 20.2 Å². The summed E-state index contributed by atoms with van der Waals surface area (Å²) in [7, 11) is -2.77. The van der Waals surface area contributed by atoms with Crippen LogP contribution in [0.3, 0.4) is 0 Å². The molecular weight excluding hydrogens is 515 g/mol. The molecule has 1 aliphatic rings. The summed E-state index contributed by atoms with van der Waals surface area (Å²) in [6, 6.07) is 0.